The molecule has 0 amide bonds. The largest absolute Gasteiger partial charge is 0.508 e. The maximum absolute atomic E-state index is 10.8. The summed E-state index contributed by atoms with van der Waals surface area (Å²) in [6, 6.07) is 12.6. The summed E-state index contributed by atoms with van der Waals surface area (Å²) in [7, 11) is 0. The van der Waals surface area contributed by atoms with Gasteiger partial charge in [-0.15, -0.1) is 0 Å². The van der Waals surface area contributed by atoms with Gasteiger partial charge in [0.1, 0.15) is 35.9 Å². The third-order valence-corrected chi connectivity index (χ3v) is 4.88. The Morgan fingerprint density at radius 2 is 1.36 bits per heavy atom. The Balaban J connectivity index is 1.59. The van der Waals surface area contributed by atoms with Gasteiger partial charge in [0.25, 0.3) is 0 Å². The van der Waals surface area contributed by atoms with E-state index in [1.807, 2.05) is 0 Å². The fourth-order valence-corrected chi connectivity index (χ4v) is 3.35. The minimum atomic E-state index is -1.08. The van der Waals surface area contributed by atoms with E-state index < -0.39 is 43.6 Å². The first-order valence-electron chi connectivity index (χ1n) is 9.00. The molecule has 2 saturated heterocycles. The Morgan fingerprint density at radius 3 is 1.93 bits per heavy atom. The Labute approximate surface area is 161 Å². The van der Waals surface area contributed by atoms with Gasteiger partial charge in [-0.1, -0.05) is 24.3 Å². The molecule has 2 aromatic carbocycles. The quantitative estimate of drug-likeness (QED) is 0.620. The number of aromatic hydroxyl groups is 2. The first kappa shape index (κ1) is 19.1. The van der Waals surface area contributed by atoms with Crippen LogP contribution in [0, 0.1) is 0 Å². The predicted molar refractivity (Wildman–Crippen MR) is 95.4 cm³/mol. The van der Waals surface area contributed by atoms with Crippen LogP contribution in [0.1, 0.15) is 23.7 Å². The molecule has 0 spiro atoms. The second-order valence-corrected chi connectivity index (χ2v) is 6.80. The van der Waals surface area contributed by atoms with Gasteiger partial charge in [0, 0.05) is 11.1 Å². The molecule has 0 aromatic heterocycles. The van der Waals surface area contributed by atoms with Crippen LogP contribution in [0.25, 0.3) is 0 Å². The fraction of sp³-hybridized carbons (Fsp3) is 0.400. The van der Waals surface area contributed by atoms with Crippen LogP contribution in [0.5, 0.6) is 11.5 Å². The third-order valence-electron chi connectivity index (χ3n) is 4.88. The molecule has 8 nitrogen and oxygen atoms in total. The number of phenolic OH excluding ortho intramolecular Hbond substituents is 2. The van der Waals surface area contributed by atoms with Gasteiger partial charge in [0.15, 0.2) is 12.6 Å². The van der Waals surface area contributed by atoms with E-state index in [9.17, 15) is 20.4 Å². The second kappa shape index (κ2) is 8.04. The lowest BCUT2D eigenvalue weighted by atomic mass is 10.0. The van der Waals surface area contributed by atoms with E-state index in [-0.39, 0.29) is 18.1 Å². The lowest BCUT2D eigenvalue weighted by Crippen LogP contribution is -2.45. The highest BCUT2D eigenvalue weighted by Gasteiger charge is 2.46. The van der Waals surface area contributed by atoms with Crippen molar-refractivity contribution in [2.75, 3.05) is 13.2 Å². The van der Waals surface area contributed by atoms with Gasteiger partial charge in [-0.05, 0) is 24.3 Å². The monoisotopic (exact) mass is 390 g/mol. The molecule has 150 valence electrons. The minimum absolute atomic E-state index is 0.0410. The van der Waals surface area contributed by atoms with Crippen molar-refractivity contribution in [1.29, 1.82) is 0 Å². The summed E-state index contributed by atoms with van der Waals surface area (Å²) in [5.41, 5.74) is 1.28. The lowest BCUT2D eigenvalue weighted by Gasteiger charge is -2.29. The van der Waals surface area contributed by atoms with Crippen molar-refractivity contribution < 1.29 is 39.4 Å². The number of aliphatic hydroxyl groups excluding tert-OH is 2. The number of ether oxygens (including phenoxy) is 4. The lowest BCUT2D eigenvalue weighted by molar-refractivity contribution is -0.249. The van der Waals surface area contributed by atoms with E-state index in [2.05, 4.69) is 0 Å². The molecule has 2 aliphatic rings. The van der Waals surface area contributed by atoms with E-state index in [0.717, 1.165) is 0 Å². The summed E-state index contributed by atoms with van der Waals surface area (Å²) in [4.78, 5) is 0. The minimum Gasteiger partial charge on any atom is -0.508 e. The summed E-state index contributed by atoms with van der Waals surface area (Å²) in [6.45, 7) is -0.353. The van der Waals surface area contributed by atoms with Gasteiger partial charge in [-0.25, -0.2) is 0 Å². The first-order chi connectivity index (χ1) is 13.5. The van der Waals surface area contributed by atoms with E-state index in [1.165, 1.54) is 24.3 Å². The summed E-state index contributed by atoms with van der Waals surface area (Å²) >= 11 is 0. The molecule has 2 heterocycles. The van der Waals surface area contributed by atoms with Gasteiger partial charge in [0.2, 0.25) is 0 Å². The third kappa shape index (κ3) is 3.83. The Kier molecular flexibility index (Phi) is 5.49. The molecule has 0 saturated carbocycles. The van der Waals surface area contributed by atoms with Crippen molar-refractivity contribution in [3.8, 4) is 11.5 Å². The highest BCUT2D eigenvalue weighted by Crippen LogP contribution is 2.36. The molecule has 28 heavy (non-hydrogen) atoms. The van der Waals surface area contributed by atoms with Crippen molar-refractivity contribution in [1.82, 2.24) is 0 Å². The Bertz CT molecular complexity index is 776. The molecule has 4 N–H and O–H groups in total. The topological polar surface area (TPSA) is 118 Å². The maximum Gasteiger partial charge on any atom is 0.184 e. The standard InChI is InChI=1S/C20H22O8/c21-9-15-18-17(24)16(27-20(26-15)12-3-7-14(23)8-4-12)10-25-19(28-18)11-1-5-13(22)6-2-11/h1-8,15-24H,9-10H2/t15-,16+,17+,18+,19?,20?/m0/s1. The molecule has 2 bridgehead atoms. The summed E-state index contributed by atoms with van der Waals surface area (Å²) in [6.07, 6.45) is -5.25. The molecule has 0 aliphatic carbocycles. The van der Waals surface area contributed by atoms with Crippen LogP contribution < -0.4 is 0 Å². The number of hydrogen-bond acceptors (Lipinski definition) is 8. The molecule has 2 unspecified atom stereocenters. The van der Waals surface area contributed by atoms with E-state index in [0.29, 0.717) is 11.1 Å². The number of aliphatic hydroxyl groups is 2. The Morgan fingerprint density at radius 1 is 0.786 bits per heavy atom. The molecule has 4 rings (SSSR count). The van der Waals surface area contributed by atoms with Crippen molar-refractivity contribution in [2.45, 2.75) is 37.0 Å². The molecule has 2 aliphatic heterocycles. The van der Waals surface area contributed by atoms with Crippen LogP contribution in [0.4, 0.5) is 0 Å². The molecule has 8 heteroatoms. The molecular formula is C20H22O8. The molecule has 0 radical (unpaired) electrons. The zero-order valence-corrected chi connectivity index (χ0v) is 14.9. The molecular weight excluding hydrogens is 368 g/mol. The van der Waals surface area contributed by atoms with Crippen molar-refractivity contribution in [3.63, 3.8) is 0 Å². The SMILES string of the molecule is OC[C@@H]1OC(c2ccc(O)cc2)O[C@@H]2COC(c3ccc(O)cc3)O[C@H]1[C@@H]2O. The number of fused-ring (bicyclic) bond motifs is 2. The van der Waals surface area contributed by atoms with Gasteiger partial charge >= 0.3 is 0 Å². The smallest absolute Gasteiger partial charge is 0.184 e. The molecule has 2 aromatic rings. The predicted octanol–water partition coefficient (Wildman–Crippen LogP) is 1.35. The number of phenols is 2. The van der Waals surface area contributed by atoms with E-state index in [1.54, 1.807) is 24.3 Å². The summed E-state index contributed by atoms with van der Waals surface area (Å²) < 4.78 is 23.6. The maximum atomic E-state index is 10.8. The van der Waals surface area contributed by atoms with Crippen molar-refractivity contribution in [3.05, 3.63) is 59.7 Å². The normalized spacial score (nSPS) is 33.1. The average molecular weight is 390 g/mol. The van der Waals surface area contributed by atoms with Gasteiger partial charge in [-0.2, -0.15) is 0 Å². The van der Waals surface area contributed by atoms with Gasteiger partial charge < -0.3 is 39.4 Å². The number of rotatable bonds is 3. The molecule has 6 atom stereocenters. The van der Waals surface area contributed by atoms with Crippen LogP contribution in [-0.4, -0.2) is 58.1 Å². The number of hydrogen-bond donors (Lipinski definition) is 4. The molecule has 2 fully saturated rings. The highest BCUT2D eigenvalue weighted by atomic mass is 16.7. The first-order valence-corrected chi connectivity index (χ1v) is 9.00. The second-order valence-electron chi connectivity index (χ2n) is 6.80. The van der Waals surface area contributed by atoms with Crippen molar-refractivity contribution >= 4 is 0 Å². The van der Waals surface area contributed by atoms with Crippen LogP contribution >= 0.6 is 0 Å². The zero-order valence-electron chi connectivity index (χ0n) is 14.9. The van der Waals surface area contributed by atoms with Crippen LogP contribution in [0.3, 0.4) is 0 Å². The van der Waals surface area contributed by atoms with Crippen LogP contribution in [0.2, 0.25) is 0 Å². The highest BCUT2D eigenvalue weighted by molar-refractivity contribution is 5.28. The number of benzene rings is 2. The van der Waals surface area contributed by atoms with E-state index >= 15 is 0 Å². The summed E-state index contributed by atoms with van der Waals surface area (Å²) in [5, 5.41) is 39.6. The van der Waals surface area contributed by atoms with Crippen LogP contribution in [0.15, 0.2) is 48.5 Å². The van der Waals surface area contributed by atoms with Crippen molar-refractivity contribution in [2.24, 2.45) is 0 Å². The van der Waals surface area contributed by atoms with Gasteiger partial charge in [0.05, 0.1) is 13.2 Å². The average Bonchev–Trinajstić information content (AvgIpc) is 2.94. The van der Waals surface area contributed by atoms with Gasteiger partial charge in [-0.3, -0.25) is 0 Å². The Hall–Kier alpha value is -2.20. The summed E-state index contributed by atoms with van der Waals surface area (Å²) in [5.74, 6) is 0.222. The fourth-order valence-electron chi connectivity index (χ4n) is 3.35. The zero-order chi connectivity index (χ0) is 19.7. The van der Waals surface area contributed by atoms with E-state index in [4.69, 9.17) is 18.9 Å². The van der Waals surface area contributed by atoms with Crippen LogP contribution in [-0.2, 0) is 18.9 Å².